The Morgan fingerprint density at radius 1 is 1.29 bits per heavy atom. The summed E-state index contributed by atoms with van der Waals surface area (Å²) in [5.41, 5.74) is 0.557. The van der Waals surface area contributed by atoms with Crippen molar-refractivity contribution < 1.29 is 0 Å². The minimum Gasteiger partial charge on any atom is -0.362 e. The second kappa shape index (κ2) is 8.42. The topological polar surface area (TPSA) is 27.6 Å². The monoisotopic (exact) mass is 311 g/mol. The lowest BCUT2D eigenvalue weighted by Gasteiger charge is -2.32. The Morgan fingerprint density at radius 3 is 2.57 bits per heavy atom. The number of hydrogen-bond acceptors (Lipinski definition) is 4. The molecule has 1 N–H and O–H groups in total. The Kier molecular flexibility index (Phi) is 6.87. The maximum Gasteiger partial charge on any atom is 0.156 e. The Labute approximate surface area is 135 Å². The molecule has 1 fully saturated rings. The predicted octanol–water partition coefficient (Wildman–Crippen LogP) is 3.75. The maximum atomic E-state index is 4.84. The van der Waals surface area contributed by atoms with Crippen LogP contribution in [0.25, 0.3) is 0 Å². The highest BCUT2D eigenvalue weighted by molar-refractivity contribution is 8.13. The van der Waals surface area contributed by atoms with Gasteiger partial charge in [0.05, 0.1) is 0 Å². The number of aliphatic imine (C=N–C) groups is 1. The molecule has 4 heteroatoms. The number of nitrogens with zero attached hydrogens (tertiary/aromatic N) is 2. The van der Waals surface area contributed by atoms with Crippen molar-refractivity contribution >= 4 is 16.9 Å². The predicted molar refractivity (Wildman–Crippen MR) is 95.3 cm³/mol. The van der Waals surface area contributed by atoms with Crippen molar-refractivity contribution in [1.29, 1.82) is 0 Å². The largest absolute Gasteiger partial charge is 0.362 e. The molecule has 0 aromatic carbocycles. The SMILES string of the molecule is CCN(CC)CCCC(C)NC1=NCC2(CCCC2)CS1. The molecule has 3 nitrogen and oxygen atoms in total. The molecule has 2 rings (SSSR count). The van der Waals surface area contributed by atoms with Crippen molar-refractivity contribution in [1.82, 2.24) is 10.2 Å². The van der Waals surface area contributed by atoms with Gasteiger partial charge in [0, 0.05) is 18.3 Å². The molecule has 0 bridgehead atoms. The first-order valence-electron chi connectivity index (χ1n) is 8.83. The fraction of sp³-hybridized carbons (Fsp3) is 0.941. The summed E-state index contributed by atoms with van der Waals surface area (Å²) in [5, 5.41) is 4.83. The normalized spacial score (nSPS) is 22.6. The fourth-order valence-corrected chi connectivity index (χ4v) is 4.77. The average Bonchev–Trinajstić information content (AvgIpc) is 2.95. The summed E-state index contributed by atoms with van der Waals surface area (Å²) < 4.78 is 0. The van der Waals surface area contributed by atoms with Gasteiger partial charge in [0.2, 0.25) is 0 Å². The van der Waals surface area contributed by atoms with Crippen LogP contribution in [0, 0.1) is 5.41 Å². The van der Waals surface area contributed by atoms with Gasteiger partial charge in [-0.1, -0.05) is 38.5 Å². The van der Waals surface area contributed by atoms with Crippen LogP contribution in [0.4, 0.5) is 0 Å². The molecule has 1 aliphatic heterocycles. The fourth-order valence-electron chi connectivity index (χ4n) is 3.51. The lowest BCUT2D eigenvalue weighted by Crippen LogP contribution is -2.37. The minimum absolute atomic E-state index is 0.546. The Hall–Kier alpha value is -0.220. The second-order valence-corrected chi connectivity index (χ2v) is 7.80. The number of rotatable bonds is 7. The van der Waals surface area contributed by atoms with Crippen LogP contribution in [0.3, 0.4) is 0 Å². The highest BCUT2D eigenvalue weighted by Gasteiger charge is 2.36. The standard InChI is InChI=1S/C17H33N3S/c1-4-20(5-2)12-8-9-15(3)19-16-18-13-17(14-21-16)10-6-7-11-17/h15H,4-14H2,1-3H3,(H,18,19). The molecule has 1 unspecified atom stereocenters. The van der Waals surface area contributed by atoms with E-state index >= 15 is 0 Å². The van der Waals surface area contributed by atoms with E-state index in [2.05, 4.69) is 31.0 Å². The summed E-state index contributed by atoms with van der Waals surface area (Å²) in [6.45, 7) is 11.4. The van der Waals surface area contributed by atoms with Gasteiger partial charge in [-0.05, 0) is 57.7 Å². The first-order chi connectivity index (χ1) is 10.2. The van der Waals surface area contributed by atoms with E-state index in [1.807, 2.05) is 11.8 Å². The van der Waals surface area contributed by atoms with E-state index in [9.17, 15) is 0 Å². The van der Waals surface area contributed by atoms with Gasteiger partial charge in [0.25, 0.3) is 0 Å². The highest BCUT2D eigenvalue weighted by Crippen LogP contribution is 2.43. The molecule has 2 aliphatic rings. The molecule has 0 saturated heterocycles. The van der Waals surface area contributed by atoms with Crippen molar-refractivity contribution in [3.05, 3.63) is 0 Å². The molecule has 21 heavy (non-hydrogen) atoms. The third-order valence-electron chi connectivity index (χ3n) is 5.11. The van der Waals surface area contributed by atoms with Crippen molar-refractivity contribution in [2.75, 3.05) is 31.9 Å². The van der Waals surface area contributed by atoms with Crippen molar-refractivity contribution in [3.8, 4) is 0 Å². The van der Waals surface area contributed by atoms with Gasteiger partial charge < -0.3 is 10.2 Å². The molecule has 1 aliphatic carbocycles. The van der Waals surface area contributed by atoms with Gasteiger partial charge in [-0.25, -0.2) is 0 Å². The number of amidine groups is 1. The molecule has 0 radical (unpaired) electrons. The van der Waals surface area contributed by atoms with Gasteiger partial charge in [-0.15, -0.1) is 0 Å². The van der Waals surface area contributed by atoms with Gasteiger partial charge in [0.15, 0.2) is 5.17 Å². The number of hydrogen-bond donors (Lipinski definition) is 1. The quantitative estimate of drug-likeness (QED) is 0.776. The summed E-state index contributed by atoms with van der Waals surface area (Å²) in [6, 6.07) is 0.546. The van der Waals surface area contributed by atoms with Crippen LogP contribution in [0.5, 0.6) is 0 Å². The summed E-state index contributed by atoms with van der Waals surface area (Å²) in [5.74, 6) is 1.28. The molecular formula is C17H33N3S. The Balaban J connectivity index is 1.66. The lowest BCUT2D eigenvalue weighted by atomic mass is 9.89. The number of nitrogens with one attached hydrogen (secondary N) is 1. The van der Waals surface area contributed by atoms with E-state index in [0.717, 1.165) is 6.54 Å². The minimum atomic E-state index is 0.546. The van der Waals surface area contributed by atoms with Crippen LogP contribution in [-0.2, 0) is 0 Å². The van der Waals surface area contributed by atoms with Crippen LogP contribution in [0.1, 0.15) is 59.3 Å². The Bertz CT molecular complexity index is 333. The summed E-state index contributed by atoms with van der Waals surface area (Å²) in [6.07, 6.45) is 8.15. The van der Waals surface area contributed by atoms with Gasteiger partial charge in [-0.3, -0.25) is 4.99 Å². The molecule has 0 aromatic heterocycles. The molecule has 1 spiro atoms. The maximum absolute atomic E-state index is 4.84. The van der Waals surface area contributed by atoms with Crippen molar-refractivity contribution in [3.63, 3.8) is 0 Å². The van der Waals surface area contributed by atoms with E-state index in [4.69, 9.17) is 4.99 Å². The van der Waals surface area contributed by atoms with Gasteiger partial charge >= 0.3 is 0 Å². The number of thioether (sulfide) groups is 1. The van der Waals surface area contributed by atoms with E-state index in [1.54, 1.807) is 0 Å². The molecule has 1 heterocycles. The molecular weight excluding hydrogens is 278 g/mol. The van der Waals surface area contributed by atoms with E-state index in [0.29, 0.717) is 11.5 Å². The zero-order chi connectivity index (χ0) is 15.1. The molecule has 0 aromatic rings. The van der Waals surface area contributed by atoms with Crippen LogP contribution in [0.15, 0.2) is 4.99 Å². The second-order valence-electron chi connectivity index (χ2n) is 6.83. The van der Waals surface area contributed by atoms with E-state index in [-0.39, 0.29) is 0 Å². The van der Waals surface area contributed by atoms with Crippen LogP contribution in [-0.4, -0.2) is 48.0 Å². The van der Waals surface area contributed by atoms with Crippen LogP contribution >= 0.6 is 11.8 Å². The molecule has 1 atom stereocenters. The van der Waals surface area contributed by atoms with Crippen molar-refractivity contribution in [2.24, 2.45) is 10.4 Å². The zero-order valence-electron chi connectivity index (χ0n) is 14.2. The summed E-state index contributed by atoms with van der Waals surface area (Å²) in [7, 11) is 0. The van der Waals surface area contributed by atoms with E-state index < -0.39 is 0 Å². The first-order valence-corrected chi connectivity index (χ1v) is 9.82. The molecule has 122 valence electrons. The van der Waals surface area contributed by atoms with E-state index in [1.165, 1.54) is 69.1 Å². The van der Waals surface area contributed by atoms with Gasteiger partial charge in [0.1, 0.15) is 0 Å². The molecule has 0 amide bonds. The van der Waals surface area contributed by atoms with Crippen LogP contribution in [0.2, 0.25) is 0 Å². The van der Waals surface area contributed by atoms with Gasteiger partial charge in [-0.2, -0.15) is 0 Å². The summed E-state index contributed by atoms with van der Waals surface area (Å²) in [4.78, 5) is 7.34. The van der Waals surface area contributed by atoms with Crippen LogP contribution < -0.4 is 5.32 Å². The lowest BCUT2D eigenvalue weighted by molar-refractivity contribution is 0.292. The third-order valence-corrected chi connectivity index (χ3v) is 6.39. The average molecular weight is 312 g/mol. The third kappa shape index (κ3) is 5.17. The zero-order valence-corrected chi connectivity index (χ0v) is 15.0. The highest BCUT2D eigenvalue weighted by atomic mass is 32.2. The first kappa shape index (κ1) is 17.1. The Morgan fingerprint density at radius 2 is 2.00 bits per heavy atom. The smallest absolute Gasteiger partial charge is 0.156 e. The molecule has 1 saturated carbocycles. The van der Waals surface area contributed by atoms with Crippen molar-refractivity contribution in [2.45, 2.75) is 65.3 Å². The summed E-state index contributed by atoms with van der Waals surface area (Å²) >= 11 is 1.96.